The van der Waals surface area contributed by atoms with Crippen molar-refractivity contribution in [2.45, 2.75) is 38.3 Å². The van der Waals surface area contributed by atoms with E-state index in [0.717, 1.165) is 56.6 Å². The van der Waals surface area contributed by atoms with Gasteiger partial charge in [-0.25, -0.2) is 0 Å². The largest absolute Gasteiger partial charge is 0.368 e. The molecule has 2 saturated heterocycles. The van der Waals surface area contributed by atoms with Gasteiger partial charge in [-0.05, 0) is 56.5 Å². The van der Waals surface area contributed by atoms with Crippen molar-refractivity contribution in [1.82, 2.24) is 10.2 Å². The maximum Gasteiger partial charge on any atom is 0.234 e. The minimum atomic E-state index is -0.248. The van der Waals surface area contributed by atoms with Gasteiger partial charge in [-0.3, -0.25) is 14.5 Å². The Morgan fingerprint density at radius 3 is 2.92 bits per heavy atom. The molecule has 1 aromatic carbocycles. The summed E-state index contributed by atoms with van der Waals surface area (Å²) in [6.45, 7) is 3.32. The van der Waals surface area contributed by atoms with E-state index in [1.807, 2.05) is 24.3 Å². The lowest BCUT2D eigenvalue weighted by Crippen LogP contribution is -2.39. The van der Waals surface area contributed by atoms with E-state index in [2.05, 4.69) is 15.5 Å². The van der Waals surface area contributed by atoms with E-state index < -0.39 is 0 Å². The molecule has 1 aromatic rings. The van der Waals surface area contributed by atoms with Crippen molar-refractivity contribution in [1.29, 1.82) is 0 Å². The van der Waals surface area contributed by atoms with Crippen LogP contribution < -0.4 is 16.4 Å². The molecule has 0 aromatic heterocycles. The molecule has 2 amide bonds. The number of carbonyl (C=O) groups excluding carboxylic acids is 2. The quantitative estimate of drug-likeness (QED) is 0.754. The summed E-state index contributed by atoms with van der Waals surface area (Å²) >= 11 is 0. The van der Waals surface area contributed by atoms with Gasteiger partial charge < -0.3 is 16.4 Å². The number of hydrogen-bond acceptors (Lipinski definition) is 4. The Hall–Kier alpha value is -1.92. The van der Waals surface area contributed by atoms with E-state index >= 15 is 0 Å². The van der Waals surface area contributed by atoms with Gasteiger partial charge in [0.2, 0.25) is 11.8 Å². The predicted octanol–water partition coefficient (Wildman–Crippen LogP) is 1.07. The standard InChI is InChI=1S/C18H26N4O2/c19-17(23)16-7-3-9-22(16)12-13-4-1-6-15(10-13)21-18(24)14-5-2-8-20-11-14/h1,4,6,10,14,16,20H,2-3,5,7-9,11-12H2,(H2,19,23)(H,21,24). The van der Waals surface area contributed by atoms with Crippen LogP contribution in [0.2, 0.25) is 0 Å². The number of primary amides is 1. The van der Waals surface area contributed by atoms with Crippen LogP contribution in [-0.2, 0) is 16.1 Å². The second-order valence-corrected chi connectivity index (χ2v) is 6.76. The van der Waals surface area contributed by atoms with Crippen LogP contribution in [0.25, 0.3) is 0 Å². The van der Waals surface area contributed by atoms with Crippen molar-refractivity contribution in [2.75, 3.05) is 25.0 Å². The summed E-state index contributed by atoms with van der Waals surface area (Å²) in [4.78, 5) is 26.0. The maximum absolute atomic E-state index is 12.3. The zero-order chi connectivity index (χ0) is 16.9. The molecule has 2 fully saturated rings. The van der Waals surface area contributed by atoms with Gasteiger partial charge in [0.1, 0.15) is 0 Å². The monoisotopic (exact) mass is 330 g/mol. The first-order valence-electron chi connectivity index (χ1n) is 8.77. The molecule has 0 aliphatic carbocycles. The Morgan fingerprint density at radius 2 is 2.17 bits per heavy atom. The number of nitrogens with zero attached hydrogens (tertiary/aromatic N) is 1. The molecular formula is C18H26N4O2. The number of piperidine rings is 1. The van der Waals surface area contributed by atoms with Gasteiger partial charge in [0, 0.05) is 18.8 Å². The molecule has 0 spiro atoms. The van der Waals surface area contributed by atoms with Crippen molar-refractivity contribution >= 4 is 17.5 Å². The van der Waals surface area contributed by atoms with Crippen molar-refractivity contribution in [3.63, 3.8) is 0 Å². The number of anilines is 1. The van der Waals surface area contributed by atoms with E-state index in [0.29, 0.717) is 6.54 Å². The summed E-state index contributed by atoms with van der Waals surface area (Å²) < 4.78 is 0. The molecule has 2 aliphatic rings. The van der Waals surface area contributed by atoms with Crippen LogP contribution in [0.4, 0.5) is 5.69 Å². The fourth-order valence-corrected chi connectivity index (χ4v) is 3.64. The summed E-state index contributed by atoms with van der Waals surface area (Å²) in [6.07, 6.45) is 3.81. The van der Waals surface area contributed by atoms with Gasteiger partial charge in [0.25, 0.3) is 0 Å². The van der Waals surface area contributed by atoms with Crippen molar-refractivity contribution in [2.24, 2.45) is 11.7 Å². The minimum absolute atomic E-state index is 0.0419. The van der Waals surface area contributed by atoms with Crippen LogP contribution in [0.5, 0.6) is 0 Å². The Bertz CT molecular complexity index is 598. The lowest BCUT2D eigenvalue weighted by molar-refractivity contribution is -0.122. The highest BCUT2D eigenvalue weighted by Crippen LogP contribution is 2.22. The zero-order valence-corrected chi connectivity index (χ0v) is 14.0. The van der Waals surface area contributed by atoms with E-state index in [4.69, 9.17) is 5.73 Å². The molecule has 3 rings (SSSR count). The molecule has 2 heterocycles. The zero-order valence-electron chi connectivity index (χ0n) is 14.0. The van der Waals surface area contributed by atoms with E-state index in [-0.39, 0.29) is 23.8 Å². The first kappa shape index (κ1) is 16.9. The number of benzene rings is 1. The van der Waals surface area contributed by atoms with Crippen molar-refractivity contribution in [3.05, 3.63) is 29.8 Å². The average Bonchev–Trinajstić information content (AvgIpc) is 3.04. The van der Waals surface area contributed by atoms with Gasteiger partial charge in [-0.2, -0.15) is 0 Å². The van der Waals surface area contributed by atoms with Crippen molar-refractivity contribution < 1.29 is 9.59 Å². The third kappa shape index (κ3) is 4.13. The summed E-state index contributed by atoms with van der Waals surface area (Å²) in [5.74, 6) is -0.127. The third-order valence-electron chi connectivity index (χ3n) is 4.94. The number of carbonyl (C=O) groups is 2. The molecule has 0 saturated carbocycles. The molecule has 4 N–H and O–H groups in total. The molecule has 0 radical (unpaired) electrons. The fraction of sp³-hybridized carbons (Fsp3) is 0.556. The van der Waals surface area contributed by atoms with Crippen molar-refractivity contribution in [3.8, 4) is 0 Å². The highest BCUT2D eigenvalue weighted by molar-refractivity contribution is 5.92. The van der Waals surface area contributed by atoms with Crippen LogP contribution >= 0.6 is 0 Å². The Morgan fingerprint density at radius 1 is 1.29 bits per heavy atom. The van der Waals surface area contributed by atoms with E-state index in [1.165, 1.54) is 0 Å². The van der Waals surface area contributed by atoms with Crippen LogP contribution in [0.15, 0.2) is 24.3 Å². The summed E-state index contributed by atoms with van der Waals surface area (Å²) in [5, 5.41) is 6.29. The lowest BCUT2D eigenvalue weighted by Gasteiger charge is -2.23. The molecule has 2 atom stereocenters. The molecule has 2 aliphatic heterocycles. The molecule has 6 heteroatoms. The smallest absolute Gasteiger partial charge is 0.234 e. The summed E-state index contributed by atoms with van der Waals surface area (Å²) in [6, 6.07) is 7.70. The van der Waals surface area contributed by atoms with E-state index in [1.54, 1.807) is 0 Å². The number of nitrogens with two attached hydrogens (primary N) is 1. The van der Waals surface area contributed by atoms with Gasteiger partial charge in [-0.1, -0.05) is 12.1 Å². The highest BCUT2D eigenvalue weighted by Gasteiger charge is 2.28. The second kappa shape index (κ2) is 7.77. The second-order valence-electron chi connectivity index (χ2n) is 6.76. The van der Waals surface area contributed by atoms with E-state index in [9.17, 15) is 9.59 Å². The van der Waals surface area contributed by atoms with Gasteiger partial charge in [0.05, 0.1) is 12.0 Å². The number of rotatable bonds is 5. The number of amides is 2. The van der Waals surface area contributed by atoms with Gasteiger partial charge in [0.15, 0.2) is 0 Å². The number of hydrogen-bond donors (Lipinski definition) is 3. The molecule has 24 heavy (non-hydrogen) atoms. The normalized spacial score (nSPS) is 24.7. The summed E-state index contributed by atoms with van der Waals surface area (Å²) in [5.41, 5.74) is 7.38. The summed E-state index contributed by atoms with van der Waals surface area (Å²) in [7, 11) is 0. The number of nitrogens with one attached hydrogen (secondary N) is 2. The molecule has 6 nitrogen and oxygen atoms in total. The Kier molecular flexibility index (Phi) is 5.48. The van der Waals surface area contributed by atoms with Gasteiger partial charge >= 0.3 is 0 Å². The first-order valence-corrected chi connectivity index (χ1v) is 8.77. The van der Waals surface area contributed by atoms with Gasteiger partial charge in [-0.15, -0.1) is 0 Å². The number of likely N-dealkylation sites (tertiary alicyclic amines) is 1. The topological polar surface area (TPSA) is 87.5 Å². The molecule has 2 unspecified atom stereocenters. The predicted molar refractivity (Wildman–Crippen MR) is 93.3 cm³/mol. The highest BCUT2D eigenvalue weighted by atomic mass is 16.2. The average molecular weight is 330 g/mol. The van der Waals surface area contributed by atoms with Crippen LogP contribution in [0, 0.1) is 5.92 Å². The molecular weight excluding hydrogens is 304 g/mol. The maximum atomic E-state index is 12.3. The SMILES string of the molecule is NC(=O)C1CCCN1Cc1cccc(NC(=O)C2CCCNC2)c1. The Labute approximate surface area is 142 Å². The lowest BCUT2D eigenvalue weighted by atomic mass is 9.98. The Balaban J connectivity index is 1.61. The third-order valence-corrected chi connectivity index (χ3v) is 4.94. The van der Waals surface area contributed by atoms with Crippen LogP contribution in [-0.4, -0.2) is 42.4 Å². The van der Waals surface area contributed by atoms with Crippen LogP contribution in [0.3, 0.4) is 0 Å². The molecule has 130 valence electrons. The molecule has 0 bridgehead atoms. The fourth-order valence-electron chi connectivity index (χ4n) is 3.64. The van der Waals surface area contributed by atoms with Crippen LogP contribution in [0.1, 0.15) is 31.2 Å². The first-order chi connectivity index (χ1) is 11.6. The minimum Gasteiger partial charge on any atom is -0.368 e.